The Kier molecular flexibility index (Phi) is 5.36. The van der Waals surface area contributed by atoms with Crippen LogP contribution in [0.15, 0.2) is 24.3 Å². The molecule has 0 spiro atoms. The number of amides is 2. The van der Waals surface area contributed by atoms with E-state index in [1.54, 1.807) is 38.1 Å². The van der Waals surface area contributed by atoms with Gasteiger partial charge in [0.15, 0.2) is 0 Å². The van der Waals surface area contributed by atoms with Crippen LogP contribution in [0, 0.1) is 17.8 Å². The molecule has 124 valence electrons. The molecule has 0 aromatic heterocycles. The van der Waals surface area contributed by atoms with E-state index in [4.69, 9.17) is 5.11 Å². The van der Waals surface area contributed by atoms with Crippen LogP contribution >= 0.6 is 0 Å². The molecular weight excluding hydrogens is 296 g/mol. The van der Waals surface area contributed by atoms with Crippen molar-refractivity contribution in [2.75, 3.05) is 10.6 Å². The molecule has 0 heterocycles. The number of hydrogen-bond donors (Lipinski definition) is 3. The standard InChI is InChI=1S/C17H22N2O4/c1-10(2)15(20)18-13-4-3-5-14(9-13)19-16(21)11-6-7-12(8-11)17(22)23/h3-5,9-12H,6-8H2,1-2H3,(H,18,20)(H,19,21)(H,22,23)/t11-,12+/m1/s1. The molecule has 3 N–H and O–H groups in total. The second-order valence-corrected chi connectivity index (χ2v) is 6.26. The van der Waals surface area contributed by atoms with Crippen LogP contribution in [-0.4, -0.2) is 22.9 Å². The van der Waals surface area contributed by atoms with E-state index in [2.05, 4.69) is 10.6 Å². The van der Waals surface area contributed by atoms with Gasteiger partial charge in [-0.2, -0.15) is 0 Å². The Balaban J connectivity index is 1.96. The number of carbonyl (C=O) groups is 3. The molecule has 1 aromatic carbocycles. The Morgan fingerprint density at radius 1 is 1.09 bits per heavy atom. The summed E-state index contributed by atoms with van der Waals surface area (Å²) in [6.45, 7) is 3.61. The van der Waals surface area contributed by atoms with Crippen molar-refractivity contribution in [1.29, 1.82) is 0 Å². The lowest BCUT2D eigenvalue weighted by Crippen LogP contribution is -2.22. The molecule has 1 saturated carbocycles. The average molecular weight is 318 g/mol. The van der Waals surface area contributed by atoms with E-state index in [-0.39, 0.29) is 23.7 Å². The molecule has 2 atom stereocenters. The van der Waals surface area contributed by atoms with Crippen LogP contribution in [0.5, 0.6) is 0 Å². The van der Waals surface area contributed by atoms with Gasteiger partial charge in [0.2, 0.25) is 11.8 Å². The Bertz CT molecular complexity index is 612. The summed E-state index contributed by atoms with van der Waals surface area (Å²) in [5, 5.41) is 14.6. The molecule has 1 fully saturated rings. The summed E-state index contributed by atoms with van der Waals surface area (Å²) in [4.78, 5) is 34.9. The van der Waals surface area contributed by atoms with Crippen LogP contribution in [0.25, 0.3) is 0 Å². The smallest absolute Gasteiger partial charge is 0.306 e. The lowest BCUT2D eigenvalue weighted by Gasteiger charge is -2.13. The first kappa shape index (κ1) is 17.0. The number of benzene rings is 1. The van der Waals surface area contributed by atoms with E-state index in [0.717, 1.165) is 0 Å². The summed E-state index contributed by atoms with van der Waals surface area (Å²) in [5.74, 6) is -1.92. The zero-order valence-electron chi connectivity index (χ0n) is 13.3. The summed E-state index contributed by atoms with van der Waals surface area (Å²) < 4.78 is 0. The second kappa shape index (κ2) is 7.26. The first-order valence-electron chi connectivity index (χ1n) is 7.81. The van der Waals surface area contributed by atoms with Gasteiger partial charge in [-0.15, -0.1) is 0 Å². The number of rotatable bonds is 5. The third-order valence-corrected chi connectivity index (χ3v) is 4.07. The first-order chi connectivity index (χ1) is 10.9. The fourth-order valence-electron chi connectivity index (χ4n) is 2.65. The molecule has 0 saturated heterocycles. The average Bonchev–Trinajstić information content (AvgIpc) is 2.97. The highest BCUT2D eigenvalue weighted by Crippen LogP contribution is 2.32. The van der Waals surface area contributed by atoms with Crippen molar-refractivity contribution in [3.05, 3.63) is 24.3 Å². The number of anilines is 2. The normalized spacial score (nSPS) is 20.3. The van der Waals surface area contributed by atoms with E-state index in [1.165, 1.54) is 0 Å². The molecule has 6 heteroatoms. The van der Waals surface area contributed by atoms with Crippen LogP contribution in [0.1, 0.15) is 33.1 Å². The molecule has 2 rings (SSSR count). The molecule has 1 aliphatic rings. The minimum atomic E-state index is -0.835. The summed E-state index contributed by atoms with van der Waals surface area (Å²) in [6.07, 6.45) is 1.51. The lowest BCUT2D eigenvalue weighted by atomic mass is 10.0. The Morgan fingerprint density at radius 2 is 1.70 bits per heavy atom. The van der Waals surface area contributed by atoms with Crippen molar-refractivity contribution in [1.82, 2.24) is 0 Å². The molecule has 6 nitrogen and oxygen atoms in total. The zero-order chi connectivity index (χ0) is 17.0. The molecule has 1 aliphatic carbocycles. The molecule has 0 radical (unpaired) electrons. The van der Waals surface area contributed by atoms with Crippen LogP contribution in [-0.2, 0) is 14.4 Å². The van der Waals surface area contributed by atoms with Crippen molar-refractivity contribution < 1.29 is 19.5 Å². The minimum Gasteiger partial charge on any atom is -0.481 e. The van der Waals surface area contributed by atoms with E-state index >= 15 is 0 Å². The maximum Gasteiger partial charge on any atom is 0.306 e. The summed E-state index contributed by atoms with van der Waals surface area (Å²) in [7, 11) is 0. The van der Waals surface area contributed by atoms with Gasteiger partial charge in [-0.3, -0.25) is 14.4 Å². The monoisotopic (exact) mass is 318 g/mol. The highest BCUT2D eigenvalue weighted by molar-refractivity contribution is 5.95. The van der Waals surface area contributed by atoms with E-state index in [9.17, 15) is 14.4 Å². The van der Waals surface area contributed by atoms with E-state index in [1.807, 2.05) is 0 Å². The molecule has 1 aromatic rings. The SMILES string of the molecule is CC(C)C(=O)Nc1cccc(NC(=O)[C@@H]2CC[C@H](C(=O)O)C2)c1. The van der Waals surface area contributed by atoms with Gasteiger partial charge in [0, 0.05) is 23.2 Å². The van der Waals surface area contributed by atoms with Crippen LogP contribution in [0.3, 0.4) is 0 Å². The van der Waals surface area contributed by atoms with Gasteiger partial charge in [-0.1, -0.05) is 19.9 Å². The molecule has 2 amide bonds. The number of aliphatic carboxylic acids is 1. The zero-order valence-corrected chi connectivity index (χ0v) is 13.3. The maximum absolute atomic E-state index is 12.2. The summed E-state index contributed by atoms with van der Waals surface area (Å²) in [5.41, 5.74) is 1.21. The van der Waals surface area contributed by atoms with Gasteiger partial charge in [0.25, 0.3) is 0 Å². The number of carboxylic acids is 1. The molecule has 0 bridgehead atoms. The van der Waals surface area contributed by atoms with E-state index in [0.29, 0.717) is 30.6 Å². The lowest BCUT2D eigenvalue weighted by molar-refractivity contribution is -0.141. The molecular formula is C17H22N2O4. The quantitative estimate of drug-likeness (QED) is 0.778. The predicted molar refractivity (Wildman–Crippen MR) is 87.0 cm³/mol. The van der Waals surface area contributed by atoms with Gasteiger partial charge in [-0.05, 0) is 37.5 Å². The Labute approximate surface area is 135 Å². The summed E-state index contributed by atoms with van der Waals surface area (Å²) in [6, 6.07) is 6.95. The van der Waals surface area contributed by atoms with Crippen LogP contribution in [0.4, 0.5) is 11.4 Å². The van der Waals surface area contributed by atoms with Crippen LogP contribution < -0.4 is 10.6 Å². The fourth-order valence-corrected chi connectivity index (χ4v) is 2.65. The van der Waals surface area contributed by atoms with Crippen molar-refractivity contribution in [3.8, 4) is 0 Å². The molecule has 0 aliphatic heterocycles. The second-order valence-electron chi connectivity index (χ2n) is 6.26. The van der Waals surface area contributed by atoms with Gasteiger partial charge in [0.1, 0.15) is 0 Å². The third kappa shape index (κ3) is 4.55. The van der Waals surface area contributed by atoms with Gasteiger partial charge >= 0.3 is 5.97 Å². The van der Waals surface area contributed by atoms with Gasteiger partial charge < -0.3 is 15.7 Å². The topological polar surface area (TPSA) is 95.5 Å². The van der Waals surface area contributed by atoms with Crippen molar-refractivity contribution in [3.63, 3.8) is 0 Å². The van der Waals surface area contributed by atoms with Gasteiger partial charge in [-0.25, -0.2) is 0 Å². The van der Waals surface area contributed by atoms with Gasteiger partial charge in [0.05, 0.1) is 5.92 Å². The molecule has 0 unspecified atom stereocenters. The van der Waals surface area contributed by atoms with E-state index < -0.39 is 11.9 Å². The predicted octanol–water partition coefficient (Wildman–Crippen LogP) is 2.72. The number of hydrogen-bond acceptors (Lipinski definition) is 3. The number of carboxylic acid groups (broad SMARTS) is 1. The number of carbonyl (C=O) groups excluding carboxylic acids is 2. The van der Waals surface area contributed by atoms with Crippen molar-refractivity contribution in [2.24, 2.45) is 17.8 Å². The first-order valence-corrected chi connectivity index (χ1v) is 7.81. The van der Waals surface area contributed by atoms with Crippen LogP contribution in [0.2, 0.25) is 0 Å². The maximum atomic E-state index is 12.2. The Morgan fingerprint density at radius 3 is 2.26 bits per heavy atom. The highest BCUT2D eigenvalue weighted by Gasteiger charge is 2.33. The summed E-state index contributed by atoms with van der Waals surface area (Å²) >= 11 is 0. The highest BCUT2D eigenvalue weighted by atomic mass is 16.4. The van der Waals surface area contributed by atoms with Crippen molar-refractivity contribution >= 4 is 29.2 Å². The number of nitrogens with one attached hydrogen (secondary N) is 2. The minimum absolute atomic E-state index is 0.0893. The molecule has 23 heavy (non-hydrogen) atoms. The van der Waals surface area contributed by atoms with Crippen molar-refractivity contribution in [2.45, 2.75) is 33.1 Å². The third-order valence-electron chi connectivity index (χ3n) is 4.07. The Hall–Kier alpha value is -2.37. The largest absolute Gasteiger partial charge is 0.481 e. The fraction of sp³-hybridized carbons (Fsp3) is 0.471.